The summed E-state index contributed by atoms with van der Waals surface area (Å²) in [4.78, 5) is 12.8. The normalized spacial score (nSPS) is 14.1. The number of para-hydroxylation sites is 1. The molecule has 18 heavy (non-hydrogen) atoms. The molecule has 2 atom stereocenters. The SMILES string of the molecule is O=C(c1ccccc1O)C(Br)C(Br)c1cccs1. The number of phenolic OH excluding ortho intramolecular Hbond substituents is 1. The number of alkyl halides is 2. The number of rotatable bonds is 4. The predicted molar refractivity (Wildman–Crippen MR) is 81.1 cm³/mol. The molecule has 0 aliphatic carbocycles. The number of hydrogen-bond acceptors (Lipinski definition) is 3. The number of aromatic hydroxyl groups is 1. The zero-order valence-electron chi connectivity index (χ0n) is 9.22. The Morgan fingerprint density at radius 3 is 2.50 bits per heavy atom. The lowest BCUT2D eigenvalue weighted by Crippen LogP contribution is -2.18. The van der Waals surface area contributed by atoms with E-state index >= 15 is 0 Å². The Balaban J connectivity index is 2.22. The fourth-order valence-corrected chi connectivity index (χ4v) is 3.72. The third-order valence-corrected chi connectivity index (χ3v) is 6.43. The highest BCUT2D eigenvalue weighted by Crippen LogP contribution is 2.36. The molecule has 0 amide bonds. The topological polar surface area (TPSA) is 37.3 Å². The Morgan fingerprint density at radius 2 is 1.89 bits per heavy atom. The van der Waals surface area contributed by atoms with Crippen molar-refractivity contribution >= 4 is 49.0 Å². The second-order valence-corrected chi connectivity index (χ2v) is 6.65. The number of hydrogen-bond donors (Lipinski definition) is 1. The van der Waals surface area contributed by atoms with Crippen LogP contribution in [0.15, 0.2) is 41.8 Å². The van der Waals surface area contributed by atoms with Gasteiger partial charge in [-0.3, -0.25) is 4.79 Å². The Labute approximate surface area is 126 Å². The van der Waals surface area contributed by atoms with Crippen LogP contribution in [0.2, 0.25) is 0 Å². The maximum absolute atomic E-state index is 12.3. The van der Waals surface area contributed by atoms with Gasteiger partial charge in [0.05, 0.1) is 15.2 Å². The van der Waals surface area contributed by atoms with Gasteiger partial charge in [0.1, 0.15) is 5.75 Å². The van der Waals surface area contributed by atoms with Crippen molar-refractivity contribution in [3.8, 4) is 5.75 Å². The van der Waals surface area contributed by atoms with Crippen LogP contribution in [0.5, 0.6) is 5.75 Å². The molecule has 1 aromatic heterocycles. The molecule has 0 radical (unpaired) electrons. The highest BCUT2D eigenvalue weighted by atomic mass is 79.9. The lowest BCUT2D eigenvalue weighted by atomic mass is 10.0. The smallest absolute Gasteiger partial charge is 0.181 e. The number of Topliss-reactive ketones (excluding diaryl/α,β-unsaturated/α-hetero) is 1. The molecule has 0 fully saturated rings. The molecule has 0 saturated carbocycles. The maximum Gasteiger partial charge on any atom is 0.181 e. The number of phenols is 1. The molecule has 0 spiro atoms. The second kappa shape index (κ2) is 5.99. The van der Waals surface area contributed by atoms with E-state index in [1.54, 1.807) is 29.5 Å². The van der Waals surface area contributed by atoms with Crippen molar-refractivity contribution in [1.29, 1.82) is 0 Å². The van der Waals surface area contributed by atoms with Crippen LogP contribution in [-0.2, 0) is 0 Å². The van der Waals surface area contributed by atoms with E-state index in [0.717, 1.165) is 4.88 Å². The minimum Gasteiger partial charge on any atom is -0.507 e. The third kappa shape index (κ3) is 2.84. The molecule has 94 valence electrons. The molecule has 2 rings (SSSR count). The van der Waals surface area contributed by atoms with Gasteiger partial charge in [-0.05, 0) is 23.6 Å². The van der Waals surface area contributed by atoms with Crippen molar-refractivity contribution in [3.05, 3.63) is 52.2 Å². The zero-order chi connectivity index (χ0) is 13.1. The first-order chi connectivity index (χ1) is 8.61. The molecule has 1 heterocycles. The average molecular weight is 390 g/mol. The summed E-state index contributed by atoms with van der Waals surface area (Å²) in [5, 5.41) is 11.7. The van der Waals surface area contributed by atoms with Gasteiger partial charge in [0.25, 0.3) is 0 Å². The van der Waals surface area contributed by atoms with Crippen LogP contribution in [0.4, 0.5) is 0 Å². The Morgan fingerprint density at radius 1 is 1.17 bits per heavy atom. The van der Waals surface area contributed by atoms with Gasteiger partial charge < -0.3 is 5.11 Å². The fraction of sp³-hybridized carbons (Fsp3) is 0.154. The van der Waals surface area contributed by atoms with Crippen molar-refractivity contribution in [3.63, 3.8) is 0 Å². The number of carbonyl (C=O) groups is 1. The van der Waals surface area contributed by atoms with Gasteiger partial charge in [-0.15, -0.1) is 11.3 Å². The van der Waals surface area contributed by atoms with Gasteiger partial charge in [0, 0.05) is 4.88 Å². The summed E-state index contributed by atoms with van der Waals surface area (Å²) in [6, 6.07) is 10.5. The molecule has 0 aliphatic heterocycles. The molecule has 2 nitrogen and oxygen atoms in total. The summed E-state index contributed by atoms with van der Waals surface area (Å²) < 4.78 is 0. The van der Waals surface area contributed by atoms with Crippen molar-refractivity contribution in [1.82, 2.24) is 0 Å². The number of thiophene rings is 1. The van der Waals surface area contributed by atoms with E-state index in [1.807, 2.05) is 17.5 Å². The van der Waals surface area contributed by atoms with Crippen LogP contribution in [0.1, 0.15) is 20.1 Å². The fourth-order valence-electron chi connectivity index (χ4n) is 1.56. The molecule has 5 heteroatoms. The first kappa shape index (κ1) is 13.8. The quantitative estimate of drug-likeness (QED) is 0.615. The molecule has 0 saturated heterocycles. The Hall–Kier alpha value is -0.650. The van der Waals surface area contributed by atoms with Crippen molar-refractivity contribution in [2.45, 2.75) is 9.65 Å². The highest BCUT2D eigenvalue weighted by molar-refractivity contribution is 9.12. The maximum atomic E-state index is 12.3. The lowest BCUT2D eigenvalue weighted by molar-refractivity contribution is 0.0988. The van der Waals surface area contributed by atoms with Crippen LogP contribution < -0.4 is 0 Å². The zero-order valence-corrected chi connectivity index (χ0v) is 13.2. The van der Waals surface area contributed by atoms with Gasteiger partial charge in [0.15, 0.2) is 5.78 Å². The first-order valence-corrected chi connectivity index (χ1v) is 7.96. The molecule has 2 aromatic rings. The Kier molecular flexibility index (Phi) is 4.59. The summed E-state index contributed by atoms with van der Waals surface area (Å²) in [7, 11) is 0. The molecule has 0 aliphatic rings. The number of ketones is 1. The molecule has 1 N–H and O–H groups in total. The summed E-state index contributed by atoms with van der Waals surface area (Å²) in [5.74, 6) is -0.124. The summed E-state index contributed by atoms with van der Waals surface area (Å²) in [6.45, 7) is 0. The van der Waals surface area contributed by atoms with Crippen LogP contribution in [-0.4, -0.2) is 15.7 Å². The first-order valence-electron chi connectivity index (χ1n) is 5.25. The van der Waals surface area contributed by atoms with E-state index in [-0.39, 0.29) is 16.4 Å². The van der Waals surface area contributed by atoms with Crippen LogP contribution in [0, 0.1) is 0 Å². The van der Waals surface area contributed by atoms with E-state index in [1.165, 1.54) is 6.07 Å². The van der Waals surface area contributed by atoms with Gasteiger partial charge in [0.2, 0.25) is 0 Å². The predicted octanol–water partition coefficient (Wildman–Crippen LogP) is 4.54. The number of halogens is 2. The van der Waals surface area contributed by atoms with Crippen molar-refractivity contribution < 1.29 is 9.90 Å². The standard InChI is InChI=1S/C13H10Br2O2S/c14-11(10-6-3-7-18-10)12(15)13(17)8-4-1-2-5-9(8)16/h1-7,11-12,16H. The van der Waals surface area contributed by atoms with Crippen LogP contribution in [0.25, 0.3) is 0 Å². The van der Waals surface area contributed by atoms with Gasteiger partial charge in [-0.25, -0.2) is 0 Å². The highest BCUT2D eigenvalue weighted by Gasteiger charge is 2.27. The summed E-state index contributed by atoms with van der Waals surface area (Å²) in [6.07, 6.45) is 0. The largest absolute Gasteiger partial charge is 0.507 e. The van der Waals surface area contributed by atoms with Gasteiger partial charge in [-0.2, -0.15) is 0 Å². The lowest BCUT2D eigenvalue weighted by Gasteiger charge is -2.15. The molecular formula is C13H10Br2O2S. The molecular weight excluding hydrogens is 380 g/mol. The van der Waals surface area contributed by atoms with Crippen molar-refractivity contribution in [2.75, 3.05) is 0 Å². The van der Waals surface area contributed by atoms with E-state index in [4.69, 9.17) is 0 Å². The van der Waals surface area contributed by atoms with E-state index in [9.17, 15) is 9.90 Å². The van der Waals surface area contributed by atoms with E-state index in [2.05, 4.69) is 31.9 Å². The minimum atomic E-state index is -0.413. The molecule has 0 bridgehead atoms. The van der Waals surface area contributed by atoms with Crippen LogP contribution in [0.3, 0.4) is 0 Å². The monoisotopic (exact) mass is 388 g/mol. The summed E-state index contributed by atoms with van der Waals surface area (Å²) >= 11 is 8.50. The summed E-state index contributed by atoms with van der Waals surface area (Å²) in [5.41, 5.74) is 0.334. The number of benzene rings is 1. The molecule has 2 unspecified atom stereocenters. The second-order valence-electron chi connectivity index (χ2n) is 3.70. The Bertz CT molecular complexity index is 540. The van der Waals surface area contributed by atoms with Gasteiger partial charge in [-0.1, -0.05) is 50.1 Å². The third-order valence-electron chi connectivity index (χ3n) is 2.49. The van der Waals surface area contributed by atoms with E-state index in [0.29, 0.717) is 5.56 Å². The van der Waals surface area contributed by atoms with Crippen molar-refractivity contribution in [2.24, 2.45) is 0 Å². The van der Waals surface area contributed by atoms with Crippen LogP contribution >= 0.6 is 43.2 Å². The number of carbonyl (C=O) groups excluding carboxylic acids is 1. The van der Waals surface area contributed by atoms with E-state index < -0.39 is 4.83 Å². The minimum absolute atomic E-state index is 0.0119. The molecule has 1 aromatic carbocycles. The average Bonchev–Trinajstić information content (AvgIpc) is 2.90. The van der Waals surface area contributed by atoms with Gasteiger partial charge >= 0.3 is 0 Å².